The number of alkyl halides is 3. The van der Waals surface area contributed by atoms with E-state index in [9.17, 15) is 18.0 Å². The van der Waals surface area contributed by atoms with Crippen LogP contribution >= 0.6 is 0 Å². The summed E-state index contributed by atoms with van der Waals surface area (Å²) >= 11 is 0. The lowest BCUT2D eigenvalue weighted by molar-refractivity contribution is -0.186. The van der Waals surface area contributed by atoms with Crippen molar-refractivity contribution in [3.63, 3.8) is 0 Å². The van der Waals surface area contributed by atoms with Gasteiger partial charge < -0.3 is 5.32 Å². The van der Waals surface area contributed by atoms with Crippen molar-refractivity contribution in [2.45, 2.75) is 44.9 Å². The van der Waals surface area contributed by atoms with Crippen LogP contribution in [-0.4, -0.2) is 21.9 Å². The van der Waals surface area contributed by atoms with Gasteiger partial charge in [0.15, 0.2) is 0 Å². The molecule has 1 aromatic carbocycles. The van der Waals surface area contributed by atoms with E-state index >= 15 is 0 Å². The Bertz CT molecular complexity index is 727. The fourth-order valence-corrected chi connectivity index (χ4v) is 3.41. The molecule has 7 heteroatoms. The molecular formula is C19H22F3N3O. The Kier molecular flexibility index (Phi) is 5.64. The molecule has 1 saturated carbocycles. The lowest BCUT2D eigenvalue weighted by atomic mass is 9.80. The topological polar surface area (TPSA) is 46.9 Å². The first-order chi connectivity index (χ1) is 12.4. The van der Waals surface area contributed by atoms with Gasteiger partial charge in [0.05, 0.1) is 18.7 Å². The van der Waals surface area contributed by atoms with E-state index in [4.69, 9.17) is 0 Å². The molecule has 4 nitrogen and oxygen atoms in total. The van der Waals surface area contributed by atoms with E-state index in [1.807, 2.05) is 36.5 Å². The molecule has 2 aromatic rings. The molecule has 1 fully saturated rings. The van der Waals surface area contributed by atoms with Gasteiger partial charge in [-0.15, -0.1) is 0 Å². The van der Waals surface area contributed by atoms with Gasteiger partial charge in [0.1, 0.15) is 0 Å². The molecule has 0 saturated heterocycles. The summed E-state index contributed by atoms with van der Waals surface area (Å²) in [5.74, 6) is -2.22. The number of amides is 1. The zero-order chi connectivity index (χ0) is 18.6. The number of nitrogens with one attached hydrogen (secondary N) is 1. The molecule has 1 amide bonds. The highest BCUT2D eigenvalue weighted by Gasteiger charge is 2.43. The van der Waals surface area contributed by atoms with Crippen LogP contribution in [0.25, 0.3) is 0 Å². The van der Waals surface area contributed by atoms with Gasteiger partial charge in [0.25, 0.3) is 0 Å². The molecule has 1 aromatic heterocycles. The summed E-state index contributed by atoms with van der Waals surface area (Å²) in [5.41, 5.74) is 1.95. The molecule has 0 spiro atoms. The molecule has 1 N–H and O–H groups in total. The van der Waals surface area contributed by atoms with E-state index in [0.717, 1.165) is 11.1 Å². The third kappa shape index (κ3) is 4.86. The first-order valence-electron chi connectivity index (χ1n) is 8.81. The van der Waals surface area contributed by atoms with Crippen LogP contribution in [0.5, 0.6) is 0 Å². The fraction of sp³-hybridized carbons (Fsp3) is 0.474. The molecule has 0 bridgehead atoms. The van der Waals surface area contributed by atoms with E-state index < -0.39 is 18.0 Å². The zero-order valence-electron chi connectivity index (χ0n) is 14.4. The summed E-state index contributed by atoms with van der Waals surface area (Å²) in [6, 6.07) is 9.87. The Morgan fingerprint density at radius 3 is 2.69 bits per heavy atom. The summed E-state index contributed by atoms with van der Waals surface area (Å²) < 4.78 is 40.4. The number of hydrogen-bond donors (Lipinski definition) is 1. The SMILES string of the molecule is O=C(NCc1cnn(Cc2ccccc2)c1)[C@@H]1CCC[C@@H](C(F)(F)F)C1. The Hall–Kier alpha value is -2.31. The highest BCUT2D eigenvalue weighted by molar-refractivity contribution is 5.78. The fourth-order valence-electron chi connectivity index (χ4n) is 3.41. The maximum Gasteiger partial charge on any atom is 0.391 e. The summed E-state index contributed by atoms with van der Waals surface area (Å²) in [6.07, 6.45) is 0.276. The lowest BCUT2D eigenvalue weighted by Gasteiger charge is -2.29. The minimum Gasteiger partial charge on any atom is -0.352 e. The average Bonchev–Trinajstić information content (AvgIpc) is 3.07. The van der Waals surface area contributed by atoms with Crippen molar-refractivity contribution in [3.05, 3.63) is 53.9 Å². The highest BCUT2D eigenvalue weighted by atomic mass is 19.4. The van der Waals surface area contributed by atoms with E-state index in [1.165, 1.54) is 0 Å². The van der Waals surface area contributed by atoms with Gasteiger partial charge in [-0.05, 0) is 24.8 Å². The van der Waals surface area contributed by atoms with Crippen LogP contribution < -0.4 is 5.32 Å². The number of hydrogen-bond acceptors (Lipinski definition) is 2. The van der Waals surface area contributed by atoms with Crippen molar-refractivity contribution in [3.8, 4) is 0 Å². The average molecular weight is 365 g/mol. The van der Waals surface area contributed by atoms with Gasteiger partial charge >= 0.3 is 6.18 Å². The standard InChI is InChI=1S/C19H22F3N3O/c20-19(21,22)17-8-4-7-16(9-17)18(26)23-10-15-11-24-25(13-15)12-14-5-2-1-3-6-14/h1-3,5-6,11,13,16-17H,4,7-10,12H2,(H,23,26)/t16-,17-/m1/s1. The number of rotatable bonds is 5. The van der Waals surface area contributed by atoms with Crippen molar-refractivity contribution in [1.29, 1.82) is 0 Å². The Morgan fingerprint density at radius 1 is 1.19 bits per heavy atom. The van der Waals surface area contributed by atoms with Gasteiger partial charge in [0.2, 0.25) is 5.91 Å². The number of benzene rings is 1. The van der Waals surface area contributed by atoms with E-state index in [0.29, 0.717) is 19.4 Å². The predicted octanol–water partition coefficient (Wildman–Crippen LogP) is 3.92. The predicted molar refractivity (Wildman–Crippen MR) is 91.1 cm³/mol. The van der Waals surface area contributed by atoms with Crippen molar-refractivity contribution in [2.75, 3.05) is 0 Å². The number of nitrogens with zero attached hydrogens (tertiary/aromatic N) is 2. The third-order valence-corrected chi connectivity index (χ3v) is 4.85. The molecule has 1 heterocycles. The third-order valence-electron chi connectivity index (χ3n) is 4.85. The van der Waals surface area contributed by atoms with E-state index in [1.54, 1.807) is 10.9 Å². The quantitative estimate of drug-likeness (QED) is 0.873. The van der Waals surface area contributed by atoms with Gasteiger partial charge in [-0.2, -0.15) is 18.3 Å². The molecule has 1 aliphatic rings. The molecule has 0 radical (unpaired) electrons. The molecule has 1 aliphatic carbocycles. The largest absolute Gasteiger partial charge is 0.391 e. The molecule has 140 valence electrons. The number of aromatic nitrogens is 2. The van der Waals surface area contributed by atoms with E-state index in [2.05, 4.69) is 10.4 Å². The van der Waals surface area contributed by atoms with Crippen LogP contribution in [0.3, 0.4) is 0 Å². The van der Waals surface area contributed by atoms with Crippen LogP contribution in [0.4, 0.5) is 13.2 Å². The van der Waals surface area contributed by atoms with Crippen LogP contribution in [0, 0.1) is 11.8 Å². The number of halogens is 3. The second-order valence-corrected chi connectivity index (χ2v) is 6.85. The Balaban J connectivity index is 1.50. The molecule has 3 rings (SSSR count). The van der Waals surface area contributed by atoms with Crippen LogP contribution in [0.15, 0.2) is 42.7 Å². The summed E-state index contributed by atoms with van der Waals surface area (Å²) in [7, 11) is 0. The maximum absolute atomic E-state index is 12.9. The van der Waals surface area contributed by atoms with Gasteiger partial charge in [0, 0.05) is 24.2 Å². The summed E-state index contributed by atoms with van der Waals surface area (Å²) in [6.45, 7) is 0.908. The van der Waals surface area contributed by atoms with E-state index in [-0.39, 0.29) is 25.3 Å². The van der Waals surface area contributed by atoms with Crippen LogP contribution in [0.1, 0.15) is 36.8 Å². The van der Waals surface area contributed by atoms with Crippen molar-refractivity contribution in [2.24, 2.45) is 11.8 Å². The van der Waals surface area contributed by atoms with Crippen LogP contribution in [0.2, 0.25) is 0 Å². The second kappa shape index (κ2) is 7.93. The van der Waals surface area contributed by atoms with Gasteiger partial charge in [-0.1, -0.05) is 36.8 Å². The normalized spacial score (nSPS) is 20.7. The molecule has 0 unspecified atom stereocenters. The van der Waals surface area contributed by atoms with Gasteiger partial charge in [-0.3, -0.25) is 9.48 Å². The minimum atomic E-state index is -4.21. The summed E-state index contributed by atoms with van der Waals surface area (Å²) in [4.78, 5) is 12.2. The van der Waals surface area contributed by atoms with Gasteiger partial charge in [-0.25, -0.2) is 0 Å². The number of carbonyl (C=O) groups excluding carboxylic acids is 1. The van der Waals surface area contributed by atoms with Crippen molar-refractivity contribution >= 4 is 5.91 Å². The first kappa shape index (κ1) is 18.5. The highest BCUT2D eigenvalue weighted by Crippen LogP contribution is 2.39. The Morgan fingerprint density at radius 2 is 1.96 bits per heavy atom. The molecule has 2 atom stereocenters. The molecular weight excluding hydrogens is 343 g/mol. The summed E-state index contributed by atoms with van der Waals surface area (Å²) in [5, 5.41) is 7.02. The molecule has 0 aliphatic heterocycles. The van der Waals surface area contributed by atoms with Crippen molar-refractivity contribution in [1.82, 2.24) is 15.1 Å². The Labute approximate surface area is 150 Å². The van der Waals surface area contributed by atoms with Crippen LogP contribution in [-0.2, 0) is 17.9 Å². The second-order valence-electron chi connectivity index (χ2n) is 6.85. The number of carbonyl (C=O) groups is 1. The minimum absolute atomic E-state index is 0.109. The lowest BCUT2D eigenvalue weighted by Crippen LogP contribution is -2.37. The first-order valence-corrected chi connectivity index (χ1v) is 8.81. The smallest absolute Gasteiger partial charge is 0.352 e. The molecule has 26 heavy (non-hydrogen) atoms. The monoisotopic (exact) mass is 365 g/mol. The zero-order valence-corrected chi connectivity index (χ0v) is 14.4. The maximum atomic E-state index is 12.9. The van der Waals surface area contributed by atoms with Crippen molar-refractivity contribution < 1.29 is 18.0 Å².